The number of aliphatic imine (C=N–C) groups is 1. The summed E-state index contributed by atoms with van der Waals surface area (Å²) in [7, 11) is -1.49. The topological polar surface area (TPSA) is 83.0 Å². The van der Waals surface area contributed by atoms with Gasteiger partial charge in [0.2, 0.25) is 10.0 Å². The van der Waals surface area contributed by atoms with Crippen LogP contribution in [-0.4, -0.2) is 63.8 Å². The van der Waals surface area contributed by atoms with Gasteiger partial charge in [-0.25, -0.2) is 21.5 Å². The molecular weight excluding hydrogens is 378 g/mol. The summed E-state index contributed by atoms with van der Waals surface area (Å²) in [5, 5.41) is 6.34. The predicted octanol–water partition coefficient (Wildman–Crippen LogP) is 1.32. The number of halogens is 2. The van der Waals surface area contributed by atoms with Crippen LogP contribution in [0.3, 0.4) is 0 Å². The first-order chi connectivity index (χ1) is 12.9. The molecule has 152 valence electrons. The summed E-state index contributed by atoms with van der Waals surface area (Å²) in [5.41, 5.74) is 0. The zero-order chi connectivity index (χ0) is 19.9. The van der Waals surface area contributed by atoms with Crippen LogP contribution >= 0.6 is 0 Å². The Labute approximate surface area is 158 Å². The monoisotopic (exact) mass is 404 g/mol. The highest BCUT2D eigenvalue weighted by Gasteiger charge is 2.26. The molecule has 0 unspecified atom stereocenters. The zero-order valence-electron chi connectivity index (χ0n) is 15.5. The maximum absolute atomic E-state index is 13.1. The van der Waals surface area contributed by atoms with E-state index < -0.39 is 21.7 Å². The summed E-state index contributed by atoms with van der Waals surface area (Å²) in [6.07, 6.45) is 1.40. The Kier molecular flexibility index (Phi) is 7.78. The van der Waals surface area contributed by atoms with E-state index in [1.165, 1.54) is 10.4 Å². The van der Waals surface area contributed by atoms with Crippen molar-refractivity contribution in [3.63, 3.8) is 0 Å². The first kappa shape index (κ1) is 21.4. The molecule has 0 radical (unpaired) electrons. The largest absolute Gasteiger partial charge is 0.492 e. The van der Waals surface area contributed by atoms with Crippen molar-refractivity contribution < 1.29 is 21.9 Å². The Hall–Kier alpha value is -1.94. The number of nitrogens with zero attached hydrogens (tertiary/aromatic N) is 2. The number of guanidine groups is 1. The van der Waals surface area contributed by atoms with Gasteiger partial charge in [-0.1, -0.05) is 0 Å². The van der Waals surface area contributed by atoms with Crippen LogP contribution in [0, 0.1) is 11.6 Å². The maximum atomic E-state index is 13.1. The van der Waals surface area contributed by atoms with Crippen LogP contribution in [0.25, 0.3) is 0 Å². The molecule has 0 saturated carbocycles. The Morgan fingerprint density at radius 2 is 2.00 bits per heavy atom. The molecule has 0 aliphatic carbocycles. The fourth-order valence-electron chi connectivity index (χ4n) is 2.75. The molecule has 1 aliphatic heterocycles. The summed E-state index contributed by atoms with van der Waals surface area (Å²) < 4.78 is 56.6. The molecule has 1 aromatic rings. The molecule has 0 amide bonds. The van der Waals surface area contributed by atoms with E-state index >= 15 is 0 Å². The number of nitrogens with one attached hydrogen (secondary N) is 2. The average Bonchev–Trinajstić information content (AvgIpc) is 2.67. The Bertz CT molecular complexity index is 751. The molecule has 0 atom stereocenters. The lowest BCUT2D eigenvalue weighted by Crippen LogP contribution is -2.50. The number of hydrogen-bond acceptors (Lipinski definition) is 4. The van der Waals surface area contributed by atoms with Crippen LogP contribution in [0.1, 0.15) is 19.8 Å². The van der Waals surface area contributed by atoms with E-state index in [1.54, 1.807) is 14.0 Å². The number of benzene rings is 1. The number of rotatable bonds is 7. The van der Waals surface area contributed by atoms with Gasteiger partial charge >= 0.3 is 0 Å². The van der Waals surface area contributed by atoms with Crippen molar-refractivity contribution in [1.29, 1.82) is 0 Å². The lowest BCUT2D eigenvalue weighted by molar-refractivity contribution is 0.303. The second-order valence-electron chi connectivity index (χ2n) is 6.14. The molecule has 7 nitrogen and oxygen atoms in total. The average molecular weight is 404 g/mol. The van der Waals surface area contributed by atoms with Crippen LogP contribution in [-0.2, 0) is 10.0 Å². The highest BCUT2D eigenvalue weighted by atomic mass is 32.2. The standard InChI is InChI=1S/C17H26F2N4O3S/c1-3-27(24,25)23-9-6-13(7-10-23)22-17(20-2)21-8-11-26-14-4-5-15(18)16(19)12-14/h4-5,12-13H,3,6-11H2,1-2H3,(H2,20,21,22). The van der Waals surface area contributed by atoms with Crippen molar-refractivity contribution in [1.82, 2.24) is 14.9 Å². The van der Waals surface area contributed by atoms with Gasteiger partial charge in [0.05, 0.1) is 12.3 Å². The van der Waals surface area contributed by atoms with Gasteiger partial charge in [-0.2, -0.15) is 0 Å². The quantitative estimate of drug-likeness (QED) is 0.407. The van der Waals surface area contributed by atoms with Gasteiger partial charge in [-0.15, -0.1) is 0 Å². The number of hydrogen-bond donors (Lipinski definition) is 2. The maximum Gasteiger partial charge on any atom is 0.213 e. The first-order valence-electron chi connectivity index (χ1n) is 8.88. The van der Waals surface area contributed by atoms with E-state index in [0.717, 1.165) is 12.1 Å². The molecule has 2 rings (SSSR count). The van der Waals surface area contributed by atoms with Crippen LogP contribution in [0.2, 0.25) is 0 Å². The van der Waals surface area contributed by atoms with Crippen molar-refractivity contribution in [3.05, 3.63) is 29.8 Å². The molecule has 1 fully saturated rings. The normalized spacial score (nSPS) is 17.0. The van der Waals surface area contributed by atoms with E-state index in [4.69, 9.17) is 4.74 Å². The van der Waals surface area contributed by atoms with Crippen molar-refractivity contribution in [2.24, 2.45) is 4.99 Å². The van der Waals surface area contributed by atoms with Crippen LogP contribution < -0.4 is 15.4 Å². The Morgan fingerprint density at radius 3 is 2.59 bits per heavy atom. The van der Waals surface area contributed by atoms with Gasteiger partial charge in [0, 0.05) is 32.2 Å². The molecule has 1 aromatic carbocycles. The minimum Gasteiger partial charge on any atom is -0.492 e. The third-order valence-electron chi connectivity index (χ3n) is 4.33. The van der Waals surface area contributed by atoms with Gasteiger partial charge in [-0.3, -0.25) is 4.99 Å². The molecule has 1 aliphatic rings. The van der Waals surface area contributed by atoms with Crippen molar-refractivity contribution in [2.45, 2.75) is 25.8 Å². The lowest BCUT2D eigenvalue weighted by atomic mass is 10.1. The fraction of sp³-hybridized carbons (Fsp3) is 0.588. The first-order valence-corrected chi connectivity index (χ1v) is 10.5. The zero-order valence-corrected chi connectivity index (χ0v) is 16.4. The molecular formula is C17H26F2N4O3S. The van der Waals surface area contributed by atoms with Crippen molar-refractivity contribution in [3.8, 4) is 5.75 Å². The molecule has 0 aromatic heterocycles. The smallest absolute Gasteiger partial charge is 0.213 e. The summed E-state index contributed by atoms with van der Waals surface area (Å²) in [4.78, 5) is 4.13. The van der Waals surface area contributed by atoms with E-state index in [1.807, 2.05) is 0 Å². The highest BCUT2D eigenvalue weighted by molar-refractivity contribution is 7.89. The number of sulfonamides is 1. The minimum atomic E-state index is -3.14. The SMILES string of the molecule is CCS(=O)(=O)N1CCC(NC(=NC)NCCOc2ccc(F)c(F)c2)CC1. The van der Waals surface area contributed by atoms with Crippen molar-refractivity contribution in [2.75, 3.05) is 39.0 Å². The molecule has 0 spiro atoms. The molecule has 0 bridgehead atoms. The summed E-state index contributed by atoms with van der Waals surface area (Å²) in [6, 6.07) is 3.51. The van der Waals surface area contributed by atoms with Gasteiger partial charge < -0.3 is 15.4 Å². The highest BCUT2D eigenvalue weighted by Crippen LogP contribution is 2.15. The second kappa shape index (κ2) is 9.84. The third-order valence-corrected chi connectivity index (χ3v) is 6.21. The molecule has 1 heterocycles. The van der Waals surface area contributed by atoms with E-state index in [-0.39, 0.29) is 24.2 Å². The molecule has 2 N–H and O–H groups in total. The van der Waals surface area contributed by atoms with E-state index in [2.05, 4.69) is 15.6 Å². The number of piperidine rings is 1. The van der Waals surface area contributed by atoms with Gasteiger partial charge in [0.25, 0.3) is 0 Å². The van der Waals surface area contributed by atoms with Gasteiger partial charge in [-0.05, 0) is 31.9 Å². The molecule has 1 saturated heterocycles. The second-order valence-corrected chi connectivity index (χ2v) is 8.40. The molecule has 27 heavy (non-hydrogen) atoms. The Morgan fingerprint density at radius 1 is 1.30 bits per heavy atom. The number of ether oxygens (including phenoxy) is 1. The summed E-state index contributed by atoms with van der Waals surface area (Å²) >= 11 is 0. The Balaban J connectivity index is 1.71. The van der Waals surface area contributed by atoms with Crippen LogP contribution in [0.15, 0.2) is 23.2 Å². The third kappa shape index (κ3) is 6.31. The van der Waals surface area contributed by atoms with Gasteiger partial charge in [0.15, 0.2) is 17.6 Å². The fourth-order valence-corrected chi connectivity index (χ4v) is 3.89. The minimum absolute atomic E-state index is 0.117. The summed E-state index contributed by atoms with van der Waals surface area (Å²) in [6.45, 7) is 3.29. The van der Waals surface area contributed by atoms with Crippen LogP contribution in [0.5, 0.6) is 5.75 Å². The van der Waals surface area contributed by atoms with E-state index in [9.17, 15) is 17.2 Å². The summed E-state index contributed by atoms with van der Waals surface area (Å²) in [5.74, 6) is -0.909. The van der Waals surface area contributed by atoms with Crippen molar-refractivity contribution >= 4 is 16.0 Å². The predicted molar refractivity (Wildman–Crippen MR) is 100 cm³/mol. The van der Waals surface area contributed by atoms with Gasteiger partial charge in [0.1, 0.15) is 12.4 Å². The van der Waals surface area contributed by atoms with Crippen LogP contribution in [0.4, 0.5) is 8.78 Å². The molecule has 10 heteroatoms. The van der Waals surface area contributed by atoms with E-state index in [0.29, 0.717) is 38.4 Å². The lowest BCUT2D eigenvalue weighted by Gasteiger charge is -2.32.